The van der Waals surface area contributed by atoms with Gasteiger partial charge in [0, 0.05) is 18.1 Å². The Balaban J connectivity index is -0.000000130. The minimum absolute atomic E-state index is 0. The van der Waals surface area contributed by atoms with Crippen LogP contribution in [0.2, 0.25) is 0 Å². The van der Waals surface area contributed by atoms with Gasteiger partial charge in [-0.3, -0.25) is 0 Å². The summed E-state index contributed by atoms with van der Waals surface area (Å²) in [6.45, 7) is 20.9. The van der Waals surface area contributed by atoms with Crippen molar-refractivity contribution in [3.05, 3.63) is 0 Å². The van der Waals surface area contributed by atoms with Crippen molar-refractivity contribution in [2.24, 2.45) is 15.0 Å². The van der Waals surface area contributed by atoms with Gasteiger partial charge in [0.1, 0.15) is 0 Å². The van der Waals surface area contributed by atoms with Gasteiger partial charge < -0.3 is 49.9 Å². The molecule has 0 aromatic heterocycles. The van der Waals surface area contributed by atoms with E-state index in [2.05, 4.69) is 49.9 Å². The average molecular weight is 478 g/mol. The molecule has 0 aliphatic heterocycles. The molecule has 0 bridgehead atoms. The Labute approximate surface area is 184 Å². The normalized spacial score (nSPS) is 10.6. The van der Waals surface area contributed by atoms with Crippen LogP contribution in [0.4, 0.5) is 0 Å². The number of nitrogens with zero attached hydrogens (tertiary/aromatic N) is 3. The van der Waals surface area contributed by atoms with E-state index in [9.17, 15) is 0 Å². The predicted molar refractivity (Wildman–Crippen MR) is 109 cm³/mol. The summed E-state index contributed by atoms with van der Waals surface area (Å²) in [7, 11) is 0. The molecule has 0 aromatic rings. The number of aliphatic imine (C=N–C) groups is 3. The number of hydrogen-bond donors (Lipinski definition) is 3. The van der Waals surface area contributed by atoms with Crippen LogP contribution in [0, 0.1) is 35.6 Å². The van der Waals surface area contributed by atoms with Gasteiger partial charge in [-0.1, -0.05) is 20.8 Å². The van der Waals surface area contributed by atoms with Crippen LogP contribution >= 0.6 is 0 Å². The van der Waals surface area contributed by atoms with Crippen LogP contribution in [0.3, 0.4) is 0 Å². The van der Waals surface area contributed by atoms with E-state index in [4.69, 9.17) is 0 Å². The minimum Gasteiger partial charge on any atom is -0.550 e. The second-order valence-corrected chi connectivity index (χ2v) is 5.59. The molecule has 0 saturated heterocycles. The molecule has 0 aromatic carbocycles. The van der Waals surface area contributed by atoms with E-state index < -0.39 is 0 Å². The molecule has 7 heteroatoms. The van der Waals surface area contributed by atoms with Crippen LogP contribution in [0.1, 0.15) is 62.3 Å². The number of nitrogens with one attached hydrogen (secondary N) is 3. The molecule has 0 rings (SSSR count). The average Bonchev–Trinajstić information content (AvgIpc) is 2.48. The quantitative estimate of drug-likeness (QED) is 0.207. The Hall–Kier alpha value is -0.395. The molecule has 6 nitrogen and oxygen atoms in total. The Bertz CT molecular complexity index is 254. The monoisotopic (exact) mass is 478 g/mol. The summed E-state index contributed by atoms with van der Waals surface area (Å²) >= 11 is 0. The van der Waals surface area contributed by atoms with Crippen molar-refractivity contribution in [2.75, 3.05) is 19.6 Å². The van der Waals surface area contributed by atoms with Gasteiger partial charge in [0.05, 0.1) is 0 Å². The molecule has 0 amide bonds. The third-order valence-electron chi connectivity index (χ3n) is 1.74. The first-order valence-electron chi connectivity index (χ1n) is 8.84. The van der Waals surface area contributed by atoms with E-state index in [-0.39, 0.29) is 35.6 Å². The standard InChI is InChI=1S/3C6H13N2.La/c3*1-4-7-5-8-6(2)3;/h3*6H,4H2,1-3H3,(H,7,8);/q3*-1;+3. The largest absolute Gasteiger partial charge is 3.00 e. The van der Waals surface area contributed by atoms with Crippen LogP contribution in [0.15, 0.2) is 15.0 Å². The van der Waals surface area contributed by atoms with Gasteiger partial charge in [-0.15, -0.1) is 0 Å². The van der Waals surface area contributed by atoms with Crippen LogP contribution in [0.25, 0.3) is 0 Å². The number of hydrogen-bond acceptors (Lipinski definition) is 3. The molecule has 0 radical (unpaired) electrons. The zero-order valence-corrected chi connectivity index (χ0v) is 21.4. The van der Waals surface area contributed by atoms with Gasteiger partial charge in [-0.05, 0) is 61.2 Å². The van der Waals surface area contributed by atoms with Crippen LogP contribution < -0.4 is 16.0 Å². The molecule has 25 heavy (non-hydrogen) atoms. The van der Waals surface area contributed by atoms with Gasteiger partial charge in [0.15, 0.2) is 0 Å². The molecule has 0 aliphatic carbocycles. The van der Waals surface area contributed by atoms with Crippen molar-refractivity contribution in [1.82, 2.24) is 16.0 Å². The molecule has 0 aliphatic rings. The Morgan fingerprint density at radius 3 is 0.880 bits per heavy atom. The van der Waals surface area contributed by atoms with Crippen molar-refractivity contribution < 1.29 is 35.6 Å². The fourth-order valence-corrected chi connectivity index (χ4v) is 0.761. The summed E-state index contributed by atoms with van der Waals surface area (Å²) in [6.07, 6.45) is 8.13. The second kappa shape index (κ2) is 28.4. The summed E-state index contributed by atoms with van der Waals surface area (Å²) in [4.78, 5) is 11.9. The third-order valence-corrected chi connectivity index (χ3v) is 1.74. The summed E-state index contributed by atoms with van der Waals surface area (Å²) in [5, 5.41) is 8.59. The molecule has 0 fully saturated rings. The molecule has 144 valence electrons. The Morgan fingerprint density at radius 1 is 0.560 bits per heavy atom. The van der Waals surface area contributed by atoms with Crippen molar-refractivity contribution >= 4 is 19.0 Å². The van der Waals surface area contributed by atoms with E-state index in [1.807, 2.05) is 62.3 Å². The van der Waals surface area contributed by atoms with E-state index in [0.29, 0.717) is 18.1 Å². The molecule has 0 saturated carbocycles. The van der Waals surface area contributed by atoms with Crippen molar-refractivity contribution in [3.8, 4) is 0 Å². The van der Waals surface area contributed by atoms with E-state index in [0.717, 1.165) is 19.6 Å². The first-order chi connectivity index (χ1) is 11.3. The number of rotatable bonds is 9. The molecular weight excluding hydrogens is 439 g/mol. The predicted octanol–water partition coefficient (Wildman–Crippen LogP) is 2.73. The molecule has 3 N–H and O–H groups in total. The SMILES string of the molecule is CCN[C-]=NC(C)C.CCN[C-]=NC(C)C.CCN[C-]=NC(C)C.[La+3]. The fourth-order valence-electron chi connectivity index (χ4n) is 0.761. The zero-order chi connectivity index (χ0) is 19.2. The fraction of sp³-hybridized carbons (Fsp3) is 0.833. The van der Waals surface area contributed by atoms with Crippen LogP contribution in [-0.2, 0) is 0 Å². The van der Waals surface area contributed by atoms with Gasteiger partial charge in [-0.2, -0.15) is 0 Å². The van der Waals surface area contributed by atoms with E-state index in [1.54, 1.807) is 0 Å². The summed E-state index contributed by atoms with van der Waals surface area (Å²) in [6, 6.07) is 1.07. The van der Waals surface area contributed by atoms with Crippen molar-refractivity contribution in [1.29, 1.82) is 0 Å². The maximum absolute atomic E-state index is 3.95. The van der Waals surface area contributed by atoms with Gasteiger partial charge in [0.2, 0.25) is 0 Å². The third kappa shape index (κ3) is 51.7. The second-order valence-electron chi connectivity index (χ2n) is 5.59. The topological polar surface area (TPSA) is 73.2 Å². The van der Waals surface area contributed by atoms with Crippen LogP contribution in [0.5, 0.6) is 0 Å². The summed E-state index contributed by atoms with van der Waals surface area (Å²) in [5.74, 6) is 0. The maximum atomic E-state index is 3.95. The molecular formula is C18H39LaN6. The van der Waals surface area contributed by atoms with Gasteiger partial charge in [-0.25, -0.2) is 0 Å². The minimum atomic E-state index is 0. The first kappa shape index (κ1) is 32.3. The first-order valence-corrected chi connectivity index (χ1v) is 8.84. The molecule has 0 heterocycles. The van der Waals surface area contributed by atoms with E-state index >= 15 is 0 Å². The Morgan fingerprint density at radius 2 is 0.760 bits per heavy atom. The van der Waals surface area contributed by atoms with Crippen molar-refractivity contribution in [2.45, 2.75) is 80.4 Å². The van der Waals surface area contributed by atoms with Gasteiger partial charge >= 0.3 is 35.6 Å². The Kier molecular flexibility index (Phi) is 36.7. The molecule has 0 spiro atoms. The van der Waals surface area contributed by atoms with Crippen LogP contribution in [-0.4, -0.2) is 56.8 Å². The van der Waals surface area contributed by atoms with Gasteiger partial charge in [0.25, 0.3) is 0 Å². The van der Waals surface area contributed by atoms with E-state index in [1.165, 1.54) is 0 Å². The summed E-state index contributed by atoms with van der Waals surface area (Å²) < 4.78 is 0. The maximum Gasteiger partial charge on any atom is 3.00 e. The molecule has 0 atom stereocenters. The smallest absolute Gasteiger partial charge is 0.550 e. The van der Waals surface area contributed by atoms with Crippen molar-refractivity contribution in [3.63, 3.8) is 0 Å². The zero-order valence-electron chi connectivity index (χ0n) is 17.8. The summed E-state index contributed by atoms with van der Waals surface area (Å²) in [5.41, 5.74) is 0. The molecule has 0 unspecified atom stereocenters.